The highest BCUT2D eigenvalue weighted by Crippen LogP contribution is 2.26. The van der Waals surface area contributed by atoms with Crippen LogP contribution >= 0.6 is 0 Å². The lowest BCUT2D eigenvalue weighted by Gasteiger charge is -2.32. The number of piperidine rings is 1. The van der Waals surface area contributed by atoms with Crippen molar-refractivity contribution in [1.82, 2.24) is 19.7 Å². The third-order valence-electron chi connectivity index (χ3n) is 4.40. The van der Waals surface area contributed by atoms with E-state index in [0.29, 0.717) is 17.8 Å². The van der Waals surface area contributed by atoms with Crippen LogP contribution in [0.2, 0.25) is 0 Å². The predicted octanol–water partition coefficient (Wildman–Crippen LogP) is 1.96. The minimum Gasteiger partial charge on any atom is -0.338 e. The summed E-state index contributed by atoms with van der Waals surface area (Å²) in [5.41, 5.74) is 1.24. The zero-order valence-electron chi connectivity index (χ0n) is 14.2. The zero-order valence-corrected chi connectivity index (χ0v) is 14.2. The van der Waals surface area contributed by atoms with E-state index in [1.165, 1.54) is 6.08 Å². The second kappa shape index (κ2) is 7.29. The predicted molar refractivity (Wildman–Crippen MR) is 94.2 cm³/mol. The summed E-state index contributed by atoms with van der Waals surface area (Å²) >= 11 is 0. The number of rotatable bonds is 4. The second-order valence-electron chi connectivity index (χ2n) is 6.16. The molecule has 0 aliphatic carbocycles. The van der Waals surface area contributed by atoms with Gasteiger partial charge in [-0.25, -0.2) is 0 Å². The second-order valence-corrected chi connectivity index (χ2v) is 6.16. The van der Waals surface area contributed by atoms with Crippen LogP contribution in [0.15, 0.2) is 43.2 Å². The quantitative estimate of drug-likeness (QED) is 0.864. The molecule has 0 bridgehead atoms. The number of benzene rings is 1. The first-order valence-corrected chi connectivity index (χ1v) is 8.25. The van der Waals surface area contributed by atoms with Gasteiger partial charge in [0, 0.05) is 37.3 Å². The molecule has 1 aliphatic rings. The number of hydrogen-bond donors (Lipinski definition) is 1. The van der Waals surface area contributed by atoms with Crippen LogP contribution in [-0.2, 0) is 11.8 Å². The lowest BCUT2D eigenvalue weighted by atomic mass is 9.96. The number of nitrogens with one attached hydrogen (secondary N) is 1. The molecule has 0 saturated carbocycles. The Hall–Kier alpha value is -2.96. The topological polar surface area (TPSA) is 80.1 Å². The summed E-state index contributed by atoms with van der Waals surface area (Å²) in [5, 5.41) is 10.8. The van der Waals surface area contributed by atoms with E-state index in [2.05, 4.69) is 22.1 Å². The fraction of sp³-hybridized carbons (Fsp3) is 0.333. The Balaban J connectivity index is 1.69. The summed E-state index contributed by atoms with van der Waals surface area (Å²) in [6.07, 6.45) is 4.84. The molecule has 2 amide bonds. The van der Waals surface area contributed by atoms with Crippen LogP contribution in [0.3, 0.4) is 0 Å². The number of carbonyl (C=O) groups is 2. The van der Waals surface area contributed by atoms with Crippen LogP contribution < -0.4 is 5.32 Å². The molecule has 1 atom stereocenters. The Morgan fingerprint density at radius 2 is 2.08 bits per heavy atom. The average Bonchev–Trinajstić information content (AvgIpc) is 3.08. The highest BCUT2D eigenvalue weighted by Gasteiger charge is 2.27. The van der Waals surface area contributed by atoms with Gasteiger partial charge < -0.3 is 14.8 Å². The molecule has 0 spiro atoms. The summed E-state index contributed by atoms with van der Waals surface area (Å²) in [4.78, 5) is 25.9. The molecule has 2 aromatic rings. The molecule has 1 unspecified atom stereocenters. The number of aryl methyl sites for hydroxylation is 1. The molecule has 7 heteroatoms. The van der Waals surface area contributed by atoms with Gasteiger partial charge in [-0.15, -0.1) is 10.2 Å². The normalized spacial score (nSPS) is 17.2. The smallest absolute Gasteiger partial charge is 0.253 e. The maximum atomic E-state index is 12.8. The maximum absolute atomic E-state index is 12.8. The fourth-order valence-corrected chi connectivity index (χ4v) is 3.11. The van der Waals surface area contributed by atoms with Gasteiger partial charge in [0.25, 0.3) is 5.91 Å². The highest BCUT2D eigenvalue weighted by atomic mass is 16.2. The maximum Gasteiger partial charge on any atom is 0.253 e. The largest absolute Gasteiger partial charge is 0.338 e. The van der Waals surface area contributed by atoms with Gasteiger partial charge >= 0.3 is 0 Å². The van der Waals surface area contributed by atoms with E-state index in [9.17, 15) is 9.59 Å². The number of hydrogen-bond acceptors (Lipinski definition) is 4. The van der Waals surface area contributed by atoms with Gasteiger partial charge in [0.2, 0.25) is 5.91 Å². The van der Waals surface area contributed by atoms with Gasteiger partial charge in [-0.2, -0.15) is 0 Å². The summed E-state index contributed by atoms with van der Waals surface area (Å²) in [5.74, 6) is 0.839. The number of anilines is 1. The molecule has 1 aliphatic heterocycles. The molecular formula is C18H21N5O2. The third kappa shape index (κ3) is 3.76. The number of aromatic nitrogens is 3. The molecular weight excluding hydrogens is 318 g/mol. The van der Waals surface area contributed by atoms with Crippen LogP contribution in [0.5, 0.6) is 0 Å². The third-order valence-corrected chi connectivity index (χ3v) is 4.40. The first-order valence-electron chi connectivity index (χ1n) is 8.25. The van der Waals surface area contributed by atoms with Crippen molar-refractivity contribution in [2.45, 2.75) is 18.8 Å². The summed E-state index contributed by atoms with van der Waals surface area (Å²) in [6, 6.07) is 6.90. The van der Waals surface area contributed by atoms with Crippen LogP contribution in [-0.4, -0.2) is 44.6 Å². The molecule has 0 radical (unpaired) electrons. The summed E-state index contributed by atoms with van der Waals surface area (Å²) in [6.45, 7) is 4.79. The van der Waals surface area contributed by atoms with Crippen molar-refractivity contribution in [2.75, 3.05) is 18.4 Å². The van der Waals surface area contributed by atoms with Crippen molar-refractivity contribution in [2.24, 2.45) is 7.05 Å². The zero-order chi connectivity index (χ0) is 17.8. The van der Waals surface area contributed by atoms with Gasteiger partial charge in [0.15, 0.2) is 0 Å². The van der Waals surface area contributed by atoms with Crippen molar-refractivity contribution < 1.29 is 9.59 Å². The molecule has 1 saturated heterocycles. The first-order chi connectivity index (χ1) is 12.1. The lowest BCUT2D eigenvalue weighted by molar-refractivity contribution is -0.111. The van der Waals surface area contributed by atoms with Crippen LogP contribution in [0.1, 0.15) is 34.9 Å². The summed E-state index contributed by atoms with van der Waals surface area (Å²) in [7, 11) is 1.92. The Labute approximate surface area is 146 Å². The van der Waals surface area contributed by atoms with Crippen molar-refractivity contribution in [3.63, 3.8) is 0 Å². The van der Waals surface area contributed by atoms with Crippen molar-refractivity contribution in [3.05, 3.63) is 54.6 Å². The van der Waals surface area contributed by atoms with Crippen molar-refractivity contribution in [1.29, 1.82) is 0 Å². The SMILES string of the molecule is C=CC(=O)Nc1ccc(C(=O)N2CCCC(c3nncn3C)C2)cc1. The average molecular weight is 339 g/mol. The number of likely N-dealkylation sites (tertiary alicyclic amines) is 1. The van der Waals surface area contributed by atoms with Gasteiger partial charge in [-0.05, 0) is 43.2 Å². The van der Waals surface area contributed by atoms with Gasteiger partial charge in [0.05, 0.1) is 0 Å². The highest BCUT2D eigenvalue weighted by molar-refractivity contribution is 5.99. The van der Waals surface area contributed by atoms with Crippen LogP contribution in [0, 0.1) is 0 Å². The fourth-order valence-electron chi connectivity index (χ4n) is 3.11. The Bertz CT molecular complexity index is 781. The van der Waals surface area contributed by atoms with Gasteiger partial charge in [0.1, 0.15) is 12.2 Å². The lowest BCUT2D eigenvalue weighted by Crippen LogP contribution is -2.39. The van der Waals surface area contributed by atoms with E-state index in [0.717, 1.165) is 25.2 Å². The number of carbonyl (C=O) groups excluding carboxylic acids is 2. The van der Waals surface area contributed by atoms with E-state index >= 15 is 0 Å². The van der Waals surface area contributed by atoms with E-state index in [-0.39, 0.29) is 17.7 Å². The van der Waals surface area contributed by atoms with E-state index in [4.69, 9.17) is 0 Å². The van der Waals surface area contributed by atoms with Crippen LogP contribution in [0.25, 0.3) is 0 Å². The Kier molecular flexibility index (Phi) is 4.92. The molecule has 3 rings (SSSR count). The minimum absolute atomic E-state index is 0.00605. The molecule has 130 valence electrons. The van der Waals surface area contributed by atoms with E-state index in [1.54, 1.807) is 30.6 Å². The van der Waals surface area contributed by atoms with E-state index in [1.807, 2.05) is 16.5 Å². The van der Waals surface area contributed by atoms with Gasteiger partial charge in [-0.1, -0.05) is 6.58 Å². The first kappa shape index (κ1) is 16.9. The van der Waals surface area contributed by atoms with Crippen LogP contribution in [0.4, 0.5) is 5.69 Å². The number of nitrogens with zero attached hydrogens (tertiary/aromatic N) is 4. The summed E-state index contributed by atoms with van der Waals surface area (Å²) < 4.78 is 1.91. The molecule has 1 N–H and O–H groups in total. The Morgan fingerprint density at radius 3 is 2.72 bits per heavy atom. The molecule has 1 aromatic carbocycles. The van der Waals surface area contributed by atoms with Crippen molar-refractivity contribution in [3.8, 4) is 0 Å². The molecule has 25 heavy (non-hydrogen) atoms. The molecule has 1 aromatic heterocycles. The molecule has 7 nitrogen and oxygen atoms in total. The minimum atomic E-state index is -0.276. The Morgan fingerprint density at radius 1 is 1.32 bits per heavy atom. The number of amides is 2. The van der Waals surface area contributed by atoms with Crippen molar-refractivity contribution >= 4 is 17.5 Å². The molecule has 1 fully saturated rings. The monoisotopic (exact) mass is 339 g/mol. The van der Waals surface area contributed by atoms with Gasteiger partial charge in [-0.3, -0.25) is 9.59 Å². The molecule has 2 heterocycles. The van der Waals surface area contributed by atoms with E-state index < -0.39 is 0 Å². The standard InChI is InChI=1S/C18H21N5O2/c1-3-16(24)20-15-8-6-13(7-9-15)18(25)23-10-4-5-14(11-23)17-21-19-12-22(17)2/h3,6-9,12,14H,1,4-5,10-11H2,2H3,(H,20,24).